The molecule has 1 N–H and O–H groups in total. The Kier molecular flexibility index (Phi) is 11.4. The highest BCUT2D eigenvalue weighted by Crippen LogP contribution is 2.27. The maximum atomic E-state index is 13.9. The molecule has 2 amide bonds. The van der Waals surface area contributed by atoms with Crippen molar-refractivity contribution in [2.24, 2.45) is 0 Å². The van der Waals surface area contributed by atoms with Gasteiger partial charge in [-0.15, -0.1) is 0 Å². The molecule has 0 heterocycles. The molecule has 0 aromatic heterocycles. The van der Waals surface area contributed by atoms with Gasteiger partial charge in [0.05, 0.1) is 24.3 Å². The second kappa shape index (κ2) is 14.7. The monoisotopic (exact) mass is 601 g/mol. The molecular formula is C30H36ClN3O6S. The number of hydrogen-bond donors (Lipinski definition) is 1. The fourth-order valence-corrected chi connectivity index (χ4v) is 5.58. The molecule has 0 fully saturated rings. The third-order valence-corrected chi connectivity index (χ3v) is 8.38. The lowest BCUT2D eigenvalue weighted by Gasteiger charge is -2.32. The molecule has 9 nitrogen and oxygen atoms in total. The van der Waals surface area contributed by atoms with Gasteiger partial charge >= 0.3 is 0 Å². The zero-order valence-corrected chi connectivity index (χ0v) is 25.2. The van der Waals surface area contributed by atoms with Crippen molar-refractivity contribution in [3.05, 3.63) is 83.4 Å². The fraction of sp³-hybridized carbons (Fsp3) is 0.333. The van der Waals surface area contributed by atoms with Crippen LogP contribution in [0.1, 0.15) is 32.8 Å². The van der Waals surface area contributed by atoms with Crippen LogP contribution < -0.4 is 19.1 Å². The molecule has 3 aromatic rings. The first-order valence-corrected chi connectivity index (χ1v) is 15.1. The van der Waals surface area contributed by atoms with Gasteiger partial charge in [0.25, 0.3) is 10.0 Å². The lowest BCUT2D eigenvalue weighted by atomic mass is 10.1. The van der Waals surface area contributed by atoms with Gasteiger partial charge in [-0.2, -0.15) is 0 Å². The van der Waals surface area contributed by atoms with Crippen LogP contribution in [0.25, 0.3) is 0 Å². The Morgan fingerprint density at radius 3 is 2.10 bits per heavy atom. The molecule has 220 valence electrons. The molecular weight excluding hydrogens is 566 g/mol. The van der Waals surface area contributed by atoms with Crippen LogP contribution in [0.15, 0.2) is 77.7 Å². The standard InChI is InChI=1S/C30H36ClN3O6S/c1-5-19-32-30(36)22(3)33(20-23-7-13-26(39-4)14-8-23)29(35)21-34(25-11-15-27(16-12-25)40-6-2)41(37,38)28-17-9-24(31)10-18-28/h7-18,22H,5-6,19-21H2,1-4H3,(H,32,36). The molecule has 0 spiro atoms. The number of rotatable bonds is 14. The second-order valence-corrected chi connectivity index (χ2v) is 11.5. The maximum Gasteiger partial charge on any atom is 0.264 e. The Morgan fingerprint density at radius 1 is 0.927 bits per heavy atom. The number of nitrogens with zero attached hydrogens (tertiary/aromatic N) is 2. The van der Waals surface area contributed by atoms with E-state index in [4.69, 9.17) is 21.1 Å². The Bertz CT molecular complexity index is 1400. The molecule has 0 radical (unpaired) electrons. The molecule has 3 aromatic carbocycles. The van der Waals surface area contributed by atoms with E-state index < -0.39 is 28.5 Å². The predicted molar refractivity (Wildman–Crippen MR) is 160 cm³/mol. The highest BCUT2D eigenvalue weighted by Gasteiger charge is 2.32. The molecule has 0 aliphatic carbocycles. The molecule has 1 atom stereocenters. The van der Waals surface area contributed by atoms with Gasteiger partial charge in [0.15, 0.2) is 0 Å². The van der Waals surface area contributed by atoms with Crippen LogP contribution in [0.5, 0.6) is 11.5 Å². The highest BCUT2D eigenvalue weighted by atomic mass is 35.5. The zero-order valence-electron chi connectivity index (χ0n) is 23.7. The van der Waals surface area contributed by atoms with E-state index in [2.05, 4.69) is 5.32 Å². The molecule has 0 aliphatic heterocycles. The largest absolute Gasteiger partial charge is 0.497 e. The van der Waals surface area contributed by atoms with E-state index in [1.807, 2.05) is 13.8 Å². The van der Waals surface area contributed by atoms with Gasteiger partial charge in [-0.1, -0.05) is 30.7 Å². The number of halogens is 1. The Labute approximate surface area is 247 Å². The topological polar surface area (TPSA) is 105 Å². The van der Waals surface area contributed by atoms with Crippen molar-refractivity contribution in [2.45, 2.75) is 44.7 Å². The Morgan fingerprint density at radius 2 is 1.54 bits per heavy atom. The predicted octanol–water partition coefficient (Wildman–Crippen LogP) is 4.89. The van der Waals surface area contributed by atoms with Crippen LogP contribution in [0, 0.1) is 0 Å². The number of amides is 2. The number of nitrogens with one attached hydrogen (secondary N) is 1. The van der Waals surface area contributed by atoms with Gasteiger partial charge in [-0.25, -0.2) is 8.42 Å². The Hall–Kier alpha value is -3.76. The number of ether oxygens (including phenoxy) is 2. The van der Waals surface area contributed by atoms with Crippen molar-refractivity contribution in [3.63, 3.8) is 0 Å². The zero-order chi connectivity index (χ0) is 30.0. The molecule has 1 unspecified atom stereocenters. The quantitative estimate of drug-likeness (QED) is 0.282. The summed E-state index contributed by atoms with van der Waals surface area (Å²) in [5.41, 5.74) is 1.02. The van der Waals surface area contributed by atoms with Crippen LogP contribution in [0.2, 0.25) is 5.02 Å². The third-order valence-electron chi connectivity index (χ3n) is 6.34. The van der Waals surface area contributed by atoms with Crippen LogP contribution in [0.3, 0.4) is 0 Å². The van der Waals surface area contributed by atoms with E-state index in [9.17, 15) is 18.0 Å². The van der Waals surface area contributed by atoms with Crippen LogP contribution in [0.4, 0.5) is 5.69 Å². The third kappa shape index (κ3) is 8.37. The van der Waals surface area contributed by atoms with Crippen molar-refractivity contribution in [1.29, 1.82) is 0 Å². The number of hydrogen-bond acceptors (Lipinski definition) is 6. The van der Waals surface area contributed by atoms with E-state index in [1.165, 1.54) is 29.2 Å². The van der Waals surface area contributed by atoms with E-state index in [0.29, 0.717) is 29.7 Å². The normalized spacial score (nSPS) is 11.8. The Balaban J connectivity index is 2.01. The second-order valence-electron chi connectivity index (χ2n) is 9.23. The first kappa shape index (κ1) is 31.8. The lowest BCUT2D eigenvalue weighted by molar-refractivity contribution is -0.139. The van der Waals surface area contributed by atoms with Gasteiger partial charge in [-0.05, 0) is 86.5 Å². The smallest absolute Gasteiger partial charge is 0.264 e. The first-order chi connectivity index (χ1) is 19.6. The van der Waals surface area contributed by atoms with Crippen molar-refractivity contribution in [3.8, 4) is 11.5 Å². The molecule has 0 saturated carbocycles. The maximum absolute atomic E-state index is 13.9. The van der Waals surface area contributed by atoms with Crippen molar-refractivity contribution >= 4 is 39.1 Å². The van der Waals surface area contributed by atoms with Crippen LogP contribution in [-0.4, -0.2) is 58.0 Å². The van der Waals surface area contributed by atoms with E-state index >= 15 is 0 Å². The van der Waals surface area contributed by atoms with E-state index in [0.717, 1.165) is 16.3 Å². The number of carbonyl (C=O) groups excluding carboxylic acids is 2. The summed E-state index contributed by atoms with van der Waals surface area (Å²) in [5.74, 6) is 0.332. The summed E-state index contributed by atoms with van der Waals surface area (Å²) >= 11 is 6.00. The summed E-state index contributed by atoms with van der Waals surface area (Å²) in [5, 5.41) is 3.20. The average molecular weight is 602 g/mol. The minimum absolute atomic E-state index is 0.0287. The molecule has 11 heteroatoms. The number of benzene rings is 3. The first-order valence-electron chi connectivity index (χ1n) is 13.3. The summed E-state index contributed by atoms with van der Waals surface area (Å²) in [7, 11) is -2.64. The van der Waals surface area contributed by atoms with Crippen molar-refractivity contribution in [2.75, 3.05) is 31.1 Å². The summed E-state index contributed by atoms with van der Waals surface area (Å²) < 4.78 is 39.5. The molecule has 3 rings (SSSR count). The average Bonchev–Trinajstić information content (AvgIpc) is 2.98. The van der Waals surface area contributed by atoms with E-state index in [1.54, 1.807) is 62.6 Å². The van der Waals surface area contributed by atoms with E-state index in [-0.39, 0.29) is 23.0 Å². The summed E-state index contributed by atoms with van der Waals surface area (Å²) in [6.07, 6.45) is 0.732. The van der Waals surface area contributed by atoms with Gasteiger partial charge in [-0.3, -0.25) is 13.9 Å². The highest BCUT2D eigenvalue weighted by molar-refractivity contribution is 7.92. The number of sulfonamides is 1. The minimum atomic E-state index is -4.20. The van der Waals surface area contributed by atoms with Crippen molar-refractivity contribution in [1.82, 2.24) is 10.2 Å². The summed E-state index contributed by atoms with van der Waals surface area (Å²) in [6, 6.07) is 18.4. The minimum Gasteiger partial charge on any atom is -0.497 e. The lowest BCUT2D eigenvalue weighted by Crippen LogP contribution is -2.51. The molecule has 0 saturated heterocycles. The van der Waals surface area contributed by atoms with Gasteiger partial charge in [0, 0.05) is 18.1 Å². The summed E-state index contributed by atoms with van der Waals surface area (Å²) in [6.45, 7) is 5.85. The SMILES string of the molecule is CCCNC(=O)C(C)N(Cc1ccc(OC)cc1)C(=O)CN(c1ccc(OCC)cc1)S(=O)(=O)c1ccc(Cl)cc1. The summed E-state index contributed by atoms with van der Waals surface area (Å²) in [4.78, 5) is 28.3. The van der Waals surface area contributed by atoms with Crippen LogP contribution in [-0.2, 0) is 26.2 Å². The van der Waals surface area contributed by atoms with Gasteiger partial charge < -0.3 is 19.7 Å². The molecule has 0 bridgehead atoms. The number of anilines is 1. The number of carbonyl (C=O) groups is 2. The molecule has 41 heavy (non-hydrogen) atoms. The van der Waals surface area contributed by atoms with Crippen molar-refractivity contribution < 1.29 is 27.5 Å². The fourth-order valence-electron chi connectivity index (χ4n) is 4.04. The van der Waals surface area contributed by atoms with Gasteiger partial charge in [0.2, 0.25) is 11.8 Å². The number of methoxy groups -OCH3 is 1. The van der Waals surface area contributed by atoms with Crippen LogP contribution >= 0.6 is 11.6 Å². The molecule has 0 aliphatic rings. The van der Waals surface area contributed by atoms with Gasteiger partial charge in [0.1, 0.15) is 24.1 Å².